The molecule has 1 aromatic rings. The minimum absolute atomic E-state index is 0.181. The van der Waals surface area contributed by atoms with Crippen molar-refractivity contribution in [3.8, 4) is 11.5 Å². The smallest absolute Gasteiger partial charge is 0.120 e. The van der Waals surface area contributed by atoms with Gasteiger partial charge in [-0.15, -0.1) is 0 Å². The Hall–Kier alpha value is -1.22. The van der Waals surface area contributed by atoms with Crippen molar-refractivity contribution in [3.05, 3.63) is 24.3 Å². The topological polar surface area (TPSA) is 30.5 Å². The molecule has 108 valence electrons. The average molecular weight is 265 g/mol. The van der Waals surface area contributed by atoms with Crippen molar-refractivity contribution in [3.63, 3.8) is 0 Å². The summed E-state index contributed by atoms with van der Waals surface area (Å²) in [5, 5.41) is 3.43. The maximum absolute atomic E-state index is 6.04. The van der Waals surface area contributed by atoms with Gasteiger partial charge in [0.2, 0.25) is 0 Å². The second-order valence-corrected chi connectivity index (χ2v) is 5.37. The van der Waals surface area contributed by atoms with Crippen LogP contribution in [-0.2, 0) is 0 Å². The Morgan fingerprint density at radius 1 is 1.00 bits per heavy atom. The molecule has 1 unspecified atom stereocenters. The zero-order valence-corrected chi connectivity index (χ0v) is 12.8. The SMILES string of the molecule is CCOc1ccc(OC(CNC(C)C)C(C)C)cc1. The fourth-order valence-corrected chi connectivity index (χ4v) is 1.72. The van der Waals surface area contributed by atoms with Gasteiger partial charge in [-0.3, -0.25) is 0 Å². The zero-order chi connectivity index (χ0) is 14.3. The van der Waals surface area contributed by atoms with E-state index >= 15 is 0 Å². The monoisotopic (exact) mass is 265 g/mol. The van der Waals surface area contributed by atoms with Crippen molar-refractivity contribution in [2.24, 2.45) is 5.92 Å². The quantitative estimate of drug-likeness (QED) is 0.780. The summed E-state index contributed by atoms with van der Waals surface area (Å²) in [5.74, 6) is 2.25. The molecule has 1 aromatic carbocycles. The summed E-state index contributed by atoms with van der Waals surface area (Å²) in [7, 11) is 0. The highest BCUT2D eigenvalue weighted by atomic mass is 16.5. The molecule has 0 saturated heterocycles. The lowest BCUT2D eigenvalue weighted by Crippen LogP contribution is -2.38. The molecular formula is C16H27NO2. The molecule has 3 heteroatoms. The molecule has 0 aliphatic heterocycles. The first kappa shape index (κ1) is 15.8. The molecule has 1 atom stereocenters. The Bertz CT molecular complexity index is 346. The van der Waals surface area contributed by atoms with Crippen molar-refractivity contribution >= 4 is 0 Å². The first-order chi connectivity index (χ1) is 9.02. The number of benzene rings is 1. The normalized spacial score (nSPS) is 12.8. The van der Waals surface area contributed by atoms with Crippen LogP contribution in [0.2, 0.25) is 0 Å². The van der Waals surface area contributed by atoms with E-state index in [9.17, 15) is 0 Å². The third-order valence-corrected chi connectivity index (χ3v) is 2.89. The molecule has 0 aromatic heterocycles. The highest BCUT2D eigenvalue weighted by Gasteiger charge is 2.15. The lowest BCUT2D eigenvalue weighted by molar-refractivity contribution is 0.146. The molecule has 19 heavy (non-hydrogen) atoms. The summed E-state index contributed by atoms with van der Waals surface area (Å²) in [6.45, 7) is 12.2. The van der Waals surface area contributed by atoms with Crippen LogP contribution in [0.3, 0.4) is 0 Å². The van der Waals surface area contributed by atoms with Gasteiger partial charge in [-0.2, -0.15) is 0 Å². The summed E-state index contributed by atoms with van der Waals surface area (Å²) in [6.07, 6.45) is 0.181. The Balaban J connectivity index is 2.57. The summed E-state index contributed by atoms with van der Waals surface area (Å²) < 4.78 is 11.5. The largest absolute Gasteiger partial charge is 0.494 e. The van der Waals surface area contributed by atoms with E-state index < -0.39 is 0 Å². The zero-order valence-electron chi connectivity index (χ0n) is 12.8. The molecule has 0 amide bonds. The first-order valence-corrected chi connectivity index (χ1v) is 7.15. The second kappa shape index (κ2) is 8.05. The molecule has 1 N–H and O–H groups in total. The van der Waals surface area contributed by atoms with Gasteiger partial charge in [0, 0.05) is 12.6 Å². The van der Waals surface area contributed by atoms with Crippen LogP contribution in [0.4, 0.5) is 0 Å². The van der Waals surface area contributed by atoms with E-state index in [2.05, 4.69) is 33.0 Å². The van der Waals surface area contributed by atoms with Crippen molar-refractivity contribution in [2.45, 2.75) is 46.8 Å². The summed E-state index contributed by atoms with van der Waals surface area (Å²) in [5.41, 5.74) is 0. The molecule has 3 nitrogen and oxygen atoms in total. The molecule has 0 aliphatic carbocycles. The van der Waals surface area contributed by atoms with Gasteiger partial charge in [0.25, 0.3) is 0 Å². The molecule has 1 rings (SSSR count). The first-order valence-electron chi connectivity index (χ1n) is 7.15. The average Bonchev–Trinajstić information content (AvgIpc) is 2.36. The molecule has 0 radical (unpaired) electrons. The van der Waals surface area contributed by atoms with Crippen LogP contribution in [0, 0.1) is 5.92 Å². The molecule has 0 bridgehead atoms. The van der Waals surface area contributed by atoms with Crippen LogP contribution in [0.5, 0.6) is 11.5 Å². The van der Waals surface area contributed by atoms with Crippen molar-refractivity contribution in [2.75, 3.05) is 13.2 Å². The van der Waals surface area contributed by atoms with Crippen LogP contribution in [0.15, 0.2) is 24.3 Å². The highest BCUT2D eigenvalue weighted by molar-refractivity contribution is 5.31. The van der Waals surface area contributed by atoms with Crippen LogP contribution in [0.1, 0.15) is 34.6 Å². The van der Waals surface area contributed by atoms with Crippen LogP contribution >= 0.6 is 0 Å². The van der Waals surface area contributed by atoms with Crippen LogP contribution < -0.4 is 14.8 Å². The van der Waals surface area contributed by atoms with Crippen molar-refractivity contribution < 1.29 is 9.47 Å². The third kappa shape index (κ3) is 5.97. The number of hydrogen-bond donors (Lipinski definition) is 1. The van der Waals surface area contributed by atoms with Crippen molar-refractivity contribution in [1.29, 1.82) is 0 Å². The number of rotatable bonds is 8. The van der Waals surface area contributed by atoms with E-state index in [-0.39, 0.29) is 6.10 Å². The van der Waals surface area contributed by atoms with Gasteiger partial charge in [0.1, 0.15) is 17.6 Å². The molecule has 0 saturated carbocycles. The fourth-order valence-electron chi connectivity index (χ4n) is 1.72. The lowest BCUT2D eigenvalue weighted by Gasteiger charge is -2.24. The Morgan fingerprint density at radius 2 is 1.58 bits per heavy atom. The number of ether oxygens (including phenoxy) is 2. The summed E-state index contributed by atoms with van der Waals surface area (Å²) >= 11 is 0. The molecule has 0 spiro atoms. The Labute approximate surface area is 117 Å². The van der Waals surface area contributed by atoms with Gasteiger partial charge >= 0.3 is 0 Å². The number of nitrogens with one attached hydrogen (secondary N) is 1. The highest BCUT2D eigenvalue weighted by Crippen LogP contribution is 2.20. The maximum atomic E-state index is 6.04. The van der Waals surface area contributed by atoms with Gasteiger partial charge < -0.3 is 14.8 Å². The van der Waals surface area contributed by atoms with E-state index in [0.717, 1.165) is 18.0 Å². The Morgan fingerprint density at radius 3 is 2.05 bits per heavy atom. The van der Waals surface area contributed by atoms with E-state index in [1.54, 1.807) is 0 Å². The summed E-state index contributed by atoms with van der Waals surface area (Å²) in [6, 6.07) is 8.31. The van der Waals surface area contributed by atoms with E-state index in [4.69, 9.17) is 9.47 Å². The van der Waals surface area contributed by atoms with Gasteiger partial charge in [-0.25, -0.2) is 0 Å². The van der Waals surface area contributed by atoms with Gasteiger partial charge in [-0.1, -0.05) is 27.7 Å². The lowest BCUT2D eigenvalue weighted by atomic mass is 10.1. The predicted molar refractivity (Wildman–Crippen MR) is 80.0 cm³/mol. The molecule has 0 aliphatic rings. The van der Waals surface area contributed by atoms with E-state index in [1.807, 2.05) is 31.2 Å². The second-order valence-electron chi connectivity index (χ2n) is 5.37. The van der Waals surface area contributed by atoms with Crippen LogP contribution in [0.25, 0.3) is 0 Å². The van der Waals surface area contributed by atoms with Crippen LogP contribution in [-0.4, -0.2) is 25.3 Å². The van der Waals surface area contributed by atoms with Gasteiger partial charge in [0.05, 0.1) is 6.61 Å². The van der Waals surface area contributed by atoms with E-state index in [1.165, 1.54) is 0 Å². The summed E-state index contributed by atoms with van der Waals surface area (Å²) in [4.78, 5) is 0. The molecular weight excluding hydrogens is 238 g/mol. The van der Waals surface area contributed by atoms with Gasteiger partial charge in [-0.05, 0) is 37.1 Å². The molecule has 0 fully saturated rings. The maximum Gasteiger partial charge on any atom is 0.120 e. The molecule has 0 heterocycles. The number of hydrogen-bond acceptors (Lipinski definition) is 3. The van der Waals surface area contributed by atoms with Crippen molar-refractivity contribution in [1.82, 2.24) is 5.32 Å². The fraction of sp³-hybridized carbons (Fsp3) is 0.625. The predicted octanol–water partition coefficient (Wildman–Crippen LogP) is 3.49. The minimum atomic E-state index is 0.181. The van der Waals surface area contributed by atoms with Gasteiger partial charge in [0.15, 0.2) is 0 Å². The third-order valence-electron chi connectivity index (χ3n) is 2.89. The Kier molecular flexibility index (Phi) is 6.71. The standard InChI is InChI=1S/C16H27NO2/c1-6-18-14-7-9-15(10-8-14)19-16(12(2)3)11-17-13(4)5/h7-10,12-13,16-17H,6,11H2,1-5H3. The van der Waals surface area contributed by atoms with E-state index in [0.29, 0.717) is 18.6 Å². The minimum Gasteiger partial charge on any atom is -0.494 e.